The van der Waals surface area contributed by atoms with Crippen LogP contribution in [0.4, 0.5) is 4.39 Å². The average Bonchev–Trinajstić information content (AvgIpc) is 3.27. The molecule has 1 unspecified atom stereocenters. The number of carboxylic acid groups (broad SMARTS) is 1. The van der Waals surface area contributed by atoms with Gasteiger partial charge in [-0.05, 0) is 16.0 Å². The van der Waals surface area contributed by atoms with Gasteiger partial charge in [0.25, 0.3) is 17.5 Å². The average molecular weight is 534 g/mol. The van der Waals surface area contributed by atoms with Gasteiger partial charge >= 0.3 is 5.97 Å². The molecule has 1 fully saturated rings. The molecule has 3 rings (SSSR count). The third kappa shape index (κ3) is 5.30. The molecule has 0 saturated carbocycles. The van der Waals surface area contributed by atoms with Crippen molar-refractivity contribution < 1.29 is 43.3 Å². The molecule has 1 aromatic rings. The zero-order valence-corrected chi connectivity index (χ0v) is 19.7. The maximum absolute atomic E-state index is 13.2. The van der Waals surface area contributed by atoms with Gasteiger partial charge < -0.3 is 30.7 Å². The summed E-state index contributed by atoms with van der Waals surface area (Å²) in [4.78, 5) is 48.8. The zero-order chi connectivity index (χ0) is 25.8. The fourth-order valence-electron chi connectivity index (χ4n) is 3.23. The molecule has 3 amide bonds. The number of fused-ring (bicyclic) bond motifs is 1. The fraction of sp³-hybridized carbons (Fsp3) is 0.471. The lowest BCUT2D eigenvalue weighted by Crippen LogP contribution is -2.82. The third-order valence-electron chi connectivity index (χ3n) is 4.78. The minimum absolute atomic E-state index is 0.0602. The van der Waals surface area contributed by atoms with Crippen molar-refractivity contribution in [2.75, 3.05) is 31.8 Å². The van der Waals surface area contributed by atoms with Crippen molar-refractivity contribution >= 4 is 47.2 Å². The van der Waals surface area contributed by atoms with Crippen LogP contribution >= 0.6 is 23.5 Å². The van der Waals surface area contributed by atoms with Crippen molar-refractivity contribution in [1.29, 1.82) is 0 Å². The van der Waals surface area contributed by atoms with Gasteiger partial charge in [-0.1, -0.05) is 11.8 Å². The number of methoxy groups -OCH3 is 1. The maximum Gasteiger partial charge on any atom is 0.352 e. The Balaban J connectivity index is 1.73. The number of aliphatic hydroxyl groups is 1. The van der Waals surface area contributed by atoms with Crippen LogP contribution in [0.3, 0.4) is 0 Å². The highest BCUT2D eigenvalue weighted by molar-refractivity contribution is 8.02. The van der Waals surface area contributed by atoms with E-state index in [9.17, 15) is 28.7 Å². The number of amides is 3. The van der Waals surface area contributed by atoms with Crippen LogP contribution in [0.5, 0.6) is 0 Å². The summed E-state index contributed by atoms with van der Waals surface area (Å²) in [7, 11) is 1.13. The molecule has 1 aromatic heterocycles. The minimum atomic E-state index is -1.99. The lowest BCUT2D eigenvalue weighted by molar-refractivity contribution is -0.257. The Morgan fingerprint density at radius 2 is 2.20 bits per heavy atom. The molecule has 0 aliphatic carbocycles. The molecule has 15 nitrogen and oxygen atoms in total. The summed E-state index contributed by atoms with van der Waals surface area (Å²) in [6.07, 6.45) is -1.27. The SMILES string of the molecule is CO[C@@]1(NC(=O)CS/C=C(\F)C(N)=O)C(=O)N2C(C(=O)O)=C(CSc3nnnn3CCO)COC21. The summed E-state index contributed by atoms with van der Waals surface area (Å²) in [5.74, 6) is -5.90. The zero-order valence-electron chi connectivity index (χ0n) is 18.0. The second-order valence-electron chi connectivity index (χ2n) is 6.92. The van der Waals surface area contributed by atoms with Crippen LogP contribution in [0.1, 0.15) is 0 Å². The van der Waals surface area contributed by atoms with Gasteiger partial charge in [0, 0.05) is 18.3 Å². The fourth-order valence-corrected chi connectivity index (χ4v) is 4.70. The number of aliphatic carboxylic acids is 1. The number of carbonyl (C=O) groups excluding carboxylic acids is 3. The number of nitrogens with zero attached hydrogens (tertiary/aromatic N) is 5. The number of carbonyl (C=O) groups is 4. The number of ether oxygens (including phenoxy) is 2. The van der Waals surface area contributed by atoms with Gasteiger partial charge in [-0.2, -0.15) is 0 Å². The van der Waals surface area contributed by atoms with E-state index in [4.69, 9.17) is 20.3 Å². The van der Waals surface area contributed by atoms with Crippen molar-refractivity contribution in [3.63, 3.8) is 0 Å². The van der Waals surface area contributed by atoms with Crippen LogP contribution in [-0.2, 0) is 35.2 Å². The molecule has 0 aromatic carbocycles. The van der Waals surface area contributed by atoms with E-state index in [0.29, 0.717) is 16.9 Å². The van der Waals surface area contributed by atoms with Gasteiger partial charge in [0.05, 0.1) is 25.5 Å². The lowest BCUT2D eigenvalue weighted by Gasteiger charge is -2.55. The molecule has 0 bridgehead atoms. The Labute approximate surface area is 204 Å². The molecule has 1 saturated heterocycles. The summed E-state index contributed by atoms with van der Waals surface area (Å²) in [6.45, 7) is -0.260. The van der Waals surface area contributed by atoms with E-state index < -0.39 is 47.2 Å². The summed E-state index contributed by atoms with van der Waals surface area (Å²) in [5.41, 5.74) is 2.69. The van der Waals surface area contributed by atoms with Crippen molar-refractivity contribution in [2.45, 2.75) is 23.7 Å². The number of hydrogen-bond donors (Lipinski definition) is 4. The number of aliphatic hydroxyl groups excluding tert-OH is 1. The van der Waals surface area contributed by atoms with Crippen LogP contribution in [0, 0.1) is 0 Å². The number of aromatic nitrogens is 4. The molecule has 5 N–H and O–H groups in total. The van der Waals surface area contributed by atoms with E-state index in [2.05, 4.69) is 20.8 Å². The standard InChI is InChI=1S/C17H20FN7O8S2/c1-32-17(20-10(27)7-34-6-9(18)12(19)28)14(31)25-11(13(29)30)8(4-33-15(17)25)5-35-16-21-22-23-24(16)2-3-26/h6,15,26H,2-5,7H2,1H3,(H2,19,28)(H,20,27)(H,29,30)/b9-6-/t15?,17-/m0/s1. The third-order valence-corrected chi connectivity index (χ3v) is 6.63. The van der Waals surface area contributed by atoms with Crippen LogP contribution in [0.25, 0.3) is 0 Å². The molecule has 3 heterocycles. The number of β-lactam (4-membered cyclic amide) rings is 1. The second kappa shape index (κ2) is 11.1. The van der Waals surface area contributed by atoms with Crippen LogP contribution < -0.4 is 11.1 Å². The smallest absolute Gasteiger partial charge is 0.352 e. The highest BCUT2D eigenvalue weighted by Gasteiger charge is 2.67. The first kappa shape index (κ1) is 26.5. The molecule has 2 aliphatic rings. The van der Waals surface area contributed by atoms with Crippen molar-refractivity contribution in [1.82, 2.24) is 30.4 Å². The maximum atomic E-state index is 13.2. The topological polar surface area (TPSA) is 212 Å². The quantitative estimate of drug-likeness (QED) is 0.0972. The Bertz CT molecular complexity index is 1100. The summed E-state index contributed by atoms with van der Waals surface area (Å²) >= 11 is 1.70. The van der Waals surface area contributed by atoms with E-state index in [1.165, 1.54) is 4.68 Å². The largest absolute Gasteiger partial charge is 0.477 e. The molecule has 2 atom stereocenters. The first-order chi connectivity index (χ1) is 16.7. The normalized spacial score (nSPS) is 22.0. The molecular weight excluding hydrogens is 513 g/mol. The van der Waals surface area contributed by atoms with Crippen molar-refractivity contribution in [3.8, 4) is 0 Å². The summed E-state index contributed by atoms with van der Waals surface area (Å²) in [5, 5.41) is 33.3. The molecule has 0 spiro atoms. The van der Waals surface area contributed by atoms with Crippen molar-refractivity contribution in [2.24, 2.45) is 5.73 Å². The van der Waals surface area contributed by atoms with Crippen LogP contribution in [-0.4, -0.2) is 103 Å². The number of hydrogen-bond acceptors (Lipinski definition) is 12. The number of carboxylic acids is 1. The van der Waals surface area contributed by atoms with Gasteiger partial charge in [-0.25, -0.2) is 13.9 Å². The Morgan fingerprint density at radius 1 is 1.46 bits per heavy atom. The van der Waals surface area contributed by atoms with Crippen LogP contribution in [0.2, 0.25) is 0 Å². The number of thioether (sulfide) groups is 2. The molecule has 190 valence electrons. The predicted molar refractivity (Wildman–Crippen MR) is 116 cm³/mol. The Morgan fingerprint density at radius 3 is 2.83 bits per heavy atom. The van der Waals surface area contributed by atoms with E-state index in [1.54, 1.807) is 0 Å². The lowest BCUT2D eigenvalue weighted by atomic mass is 9.94. The Kier molecular flexibility index (Phi) is 8.43. The van der Waals surface area contributed by atoms with Gasteiger partial charge in [-0.3, -0.25) is 19.3 Å². The van der Waals surface area contributed by atoms with Gasteiger partial charge in [-0.15, -0.1) is 16.9 Å². The number of rotatable bonds is 12. The number of nitrogens with two attached hydrogens (primary N) is 1. The molecular formula is C17H20FN7O8S2. The summed E-state index contributed by atoms with van der Waals surface area (Å²) < 4.78 is 25.4. The highest BCUT2D eigenvalue weighted by Crippen LogP contribution is 2.41. The monoisotopic (exact) mass is 533 g/mol. The van der Waals surface area contributed by atoms with Gasteiger partial charge in [0.15, 0.2) is 12.1 Å². The minimum Gasteiger partial charge on any atom is -0.477 e. The van der Waals surface area contributed by atoms with E-state index in [1.807, 2.05) is 0 Å². The van der Waals surface area contributed by atoms with Gasteiger partial charge in [0.2, 0.25) is 11.1 Å². The number of halogens is 1. The second-order valence-corrected chi connectivity index (χ2v) is 8.72. The number of nitrogens with one attached hydrogen (secondary N) is 1. The Hall–Kier alpha value is -3.06. The first-order valence-corrected chi connectivity index (χ1v) is 11.7. The number of primary amides is 1. The van der Waals surface area contributed by atoms with Crippen molar-refractivity contribution in [3.05, 3.63) is 22.5 Å². The molecule has 2 aliphatic heterocycles. The molecule has 0 radical (unpaired) electrons. The van der Waals surface area contributed by atoms with Gasteiger partial charge in [0.1, 0.15) is 5.70 Å². The first-order valence-electron chi connectivity index (χ1n) is 9.69. The van der Waals surface area contributed by atoms with E-state index in [0.717, 1.165) is 29.2 Å². The predicted octanol–water partition coefficient (Wildman–Crippen LogP) is -2.22. The van der Waals surface area contributed by atoms with Crippen LogP contribution in [0.15, 0.2) is 27.7 Å². The van der Waals surface area contributed by atoms with E-state index in [-0.39, 0.29) is 36.8 Å². The number of tetrazole rings is 1. The molecule has 18 heteroatoms. The van der Waals surface area contributed by atoms with E-state index >= 15 is 0 Å². The highest BCUT2D eigenvalue weighted by atomic mass is 32.2. The summed E-state index contributed by atoms with van der Waals surface area (Å²) in [6, 6.07) is 0. The molecule has 35 heavy (non-hydrogen) atoms.